The van der Waals surface area contributed by atoms with Crippen LogP contribution in [-0.4, -0.2) is 78.6 Å². The number of rotatable bonds is 13. The largest absolute Gasteiger partial charge is 0.488 e. The molecule has 3 amide bonds. The third kappa shape index (κ3) is 14.1. The summed E-state index contributed by atoms with van der Waals surface area (Å²) in [5, 5.41) is 22.7. The monoisotopic (exact) mass is 588 g/mol. The molecule has 0 radical (unpaired) electrons. The van der Waals surface area contributed by atoms with Gasteiger partial charge in [0.1, 0.15) is 0 Å². The minimum atomic E-state index is -4.79. The van der Waals surface area contributed by atoms with Crippen molar-refractivity contribution in [3.63, 3.8) is 0 Å². The van der Waals surface area contributed by atoms with Crippen molar-refractivity contribution in [2.75, 3.05) is 38.0 Å². The second-order valence-corrected chi connectivity index (χ2v) is 10.00. The van der Waals surface area contributed by atoms with E-state index < -0.39 is 48.7 Å². The van der Waals surface area contributed by atoms with E-state index in [4.69, 9.17) is 27.2 Å². The molecule has 1 aliphatic rings. The van der Waals surface area contributed by atoms with Crippen LogP contribution in [0.3, 0.4) is 0 Å². The van der Waals surface area contributed by atoms with Gasteiger partial charge in [0, 0.05) is 38.3 Å². The van der Waals surface area contributed by atoms with Gasteiger partial charge in [0.05, 0.1) is 18.2 Å². The number of nitrogens with zero attached hydrogens (tertiary/aromatic N) is 1. The summed E-state index contributed by atoms with van der Waals surface area (Å²) in [5.74, 6) is -0.805. The van der Waals surface area contributed by atoms with Crippen LogP contribution in [0.4, 0.5) is 18.9 Å². The summed E-state index contributed by atoms with van der Waals surface area (Å²) in [6.07, 6.45) is 4.09. The smallest absolute Gasteiger partial charge is 0.423 e. The molecule has 0 aromatic heterocycles. The van der Waals surface area contributed by atoms with E-state index in [9.17, 15) is 27.6 Å². The lowest BCUT2D eigenvalue weighted by molar-refractivity contribution is -0.137. The number of hydrogen-bond donors (Lipinski definition) is 7. The predicted octanol–water partition coefficient (Wildman–Crippen LogP) is 0.270. The number of alkyl halides is 3. The molecule has 1 aromatic rings. The summed E-state index contributed by atoms with van der Waals surface area (Å²) >= 11 is 0. The highest BCUT2D eigenvalue weighted by atomic mass is 19.4. The molecule has 1 atom stereocenters. The fourth-order valence-electron chi connectivity index (χ4n) is 4.38. The van der Waals surface area contributed by atoms with Crippen LogP contribution in [0, 0.1) is 5.92 Å². The fourth-order valence-corrected chi connectivity index (χ4v) is 4.38. The van der Waals surface area contributed by atoms with Crippen molar-refractivity contribution in [3.05, 3.63) is 23.8 Å². The summed E-state index contributed by atoms with van der Waals surface area (Å²) in [5.41, 5.74) is 14.6. The van der Waals surface area contributed by atoms with Crippen molar-refractivity contribution in [1.82, 2.24) is 10.2 Å². The Hall–Kier alpha value is -2.72. The molecule has 1 fully saturated rings. The van der Waals surface area contributed by atoms with Crippen molar-refractivity contribution in [2.45, 2.75) is 70.5 Å². The molecule has 1 unspecified atom stereocenters. The van der Waals surface area contributed by atoms with Gasteiger partial charge in [0.15, 0.2) is 0 Å². The standard InChI is InChI=1S/C18H28BF3N6O5.C8H16/c20-18(21,22)11-7-12(19(32)33)9-13(8-11)27-15(29)10-26-17(31)14(25)1-2-16(30)28(5-3-23)6-4-24;1-2-8-6-4-3-5-7-8/h7-9,14,32-33H,1-6,10,23-25H2,(H,26,31)(H,27,29);8H,2-7H2,1H3. The molecule has 0 bridgehead atoms. The number of benzene rings is 1. The molecule has 0 heterocycles. The van der Waals surface area contributed by atoms with Crippen LogP contribution in [0.1, 0.15) is 63.9 Å². The van der Waals surface area contributed by atoms with E-state index in [1.165, 1.54) is 43.4 Å². The predicted molar refractivity (Wildman–Crippen MR) is 152 cm³/mol. The van der Waals surface area contributed by atoms with Crippen molar-refractivity contribution < 1.29 is 37.6 Å². The van der Waals surface area contributed by atoms with Gasteiger partial charge in [-0.05, 0) is 29.9 Å². The first-order valence-electron chi connectivity index (χ1n) is 13.9. The average Bonchev–Trinajstić information content (AvgIpc) is 2.94. The van der Waals surface area contributed by atoms with E-state index in [0.29, 0.717) is 25.2 Å². The Kier molecular flexibility index (Phi) is 16.5. The topological polar surface area (TPSA) is 197 Å². The Morgan fingerprint density at radius 3 is 2.17 bits per heavy atom. The molecule has 0 aliphatic heterocycles. The third-order valence-corrected chi connectivity index (χ3v) is 6.75. The Morgan fingerprint density at radius 2 is 1.68 bits per heavy atom. The highest BCUT2D eigenvalue weighted by molar-refractivity contribution is 6.58. The Morgan fingerprint density at radius 1 is 1.07 bits per heavy atom. The first-order valence-corrected chi connectivity index (χ1v) is 13.9. The van der Waals surface area contributed by atoms with Gasteiger partial charge < -0.3 is 42.8 Å². The minimum Gasteiger partial charge on any atom is -0.423 e. The van der Waals surface area contributed by atoms with Crippen molar-refractivity contribution in [2.24, 2.45) is 23.1 Å². The average molecular weight is 588 g/mol. The normalized spacial score (nSPS) is 14.4. The van der Waals surface area contributed by atoms with Crippen molar-refractivity contribution in [3.8, 4) is 0 Å². The highest BCUT2D eigenvalue weighted by Crippen LogP contribution is 2.30. The van der Waals surface area contributed by atoms with Crippen molar-refractivity contribution >= 4 is 36.0 Å². The zero-order chi connectivity index (χ0) is 31.0. The highest BCUT2D eigenvalue weighted by Gasteiger charge is 2.32. The van der Waals surface area contributed by atoms with Crippen LogP contribution < -0.4 is 33.3 Å². The third-order valence-electron chi connectivity index (χ3n) is 6.75. The Bertz CT molecular complexity index is 958. The molecule has 1 saturated carbocycles. The fraction of sp³-hybridized carbons (Fsp3) is 0.654. The summed E-state index contributed by atoms with van der Waals surface area (Å²) < 4.78 is 38.9. The first kappa shape index (κ1) is 36.3. The van der Waals surface area contributed by atoms with Crippen LogP contribution in [0.2, 0.25) is 0 Å². The summed E-state index contributed by atoms with van der Waals surface area (Å²) in [6.45, 7) is 2.82. The molecule has 11 nitrogen and oxygen atoms in total. The zero-order valence-electron chi connectivity index (χ0n) is 23.6. The van der Waals surface area contributed by atoms with Crippen molar-refractivity contribution in [1.29, 1.82) is 0 Å². The van der Waals surface area contributed by atoms with E-state index in [1.807, 2.05) is 0 Å². The van der Waals surface area contributed by atoms with E-state index in [0.717, 1.165) is 12.0 Å². The lowest BCUT2D eigenvalue weighted by Gasteiger charge is -2.22. The lowest BCUT2D eigenvalue weighted by atomic mass is 9.79. The van der Waals surface area contributed by atoms with Crippen LogP contribution in [0.5, 0.6) is 0 Å². The Balaban J connectivity index is 0.000000895. The number of nitrogens with two attached hydrogens (primary N) is 3. The molecule has 1 aromatic carbocycles. The number of halogens is 3. The lowest BCUT2D eigenvalue weighted by Crippen LogP contribution is -2.45. The minimum absolute atomic E-state index is 0.0106. The number of carbonyl (C=O) groups excluding carboxylic acids is 3. The first-order chi connectivity index (χ1) is 19.3. The van der Waals surface area contributed by atoms with Gasteiger partial charge >= 0.3 is 13.3 Å². The molecule has 0 spiro atoms. The second-order valence-electron chi connectivity index (χ2n) is 10.00. The molecule has 15 heteroatoms. The number of amides is 3. The van der Waals surface area contributed by atoms with E-state index in [2.05, 4.69) is 17.6 Å². The molecule has 10 N–H and O–H groups in total. The van der Waals surface area contributed by atoms with E-state index >= 15 is 0 Å². The summed E-state index contributed by atoms with van der Waals surface area (Å²) in [7, 11) is -2.19. The summed E-state index contributed by atoms with van der Waals surface area (Å²) in [4.78, 5) is 37.7. The van der Waals surface area contributed by atoms with Crippen LogP contribution in [-0.2, 0) is 20.6 Å². The Labute approximate surface area is 239 Å². The number of nitrogens with one attached hydrogen (secondary N) is 2. The quantitative estimate of drug-likeness (QED) is 0.159. The maximum absolute atomic E-state index is 13.0. The van der Waals surface area contributed by atoms with Crippen LogP contribution >= 0.6 is 0 Å². The summed E-state index contributed by atoms with van der Waals surface area (Å²) in [6, 6.07) is 0.983. The number of hydrogen-bond acceptors (Lipinski definition) is 8. The van der Waals surface area contributed by atoms with Crippen LogP contribution in [0.25, 0.3) is 0 Å². The molecule has 0 saturated heterocycles. The number of carbonyl (C=O) groups is 3. The van der Waals surface area contributed by atoms with Crippen LogP contribution in [0.15, 0.2) is 18.2 Å². The molecule has 232 valence electrons. The maximum atomic E-state index is 13.0. The van der Waals surface area contributed by atoms with E-state index in [1.54, 1.807) is 0 Å². The molecule has 1 aliphatic carbocycles. The molecular formula is C26H44BF3N6O5. The molecule has 41 heavy (non-hydrogen) atoms. The maximum Gasteiger partial charge on any atom is 0.488 e. The number of anilines is 1. The van der Waals surface area contributed by atoms with Gasteiger partial charge in [-0.3, -0.25) is 14.4 Å². The van der Waals surface area contributed by atoms with Gasteiger partial charge in [-0.2, -0.15) is 13.2 Å². The van der Waals surface area contributed by atoms with Gasteiger partial charge in [-0.25, -0.2) is 0 Å². The van der Waals surface area contributed by atoms with E-state index in [-0.39, 0.29) is 37.5 Å². The van der Waals surface area contributed by atoms with Gasteiger partial charge in [-0.1, -0.05) is 51.5 Å². The molecule has 2 rings (SSSR count). The van der Waals surface area contributed by atoms with Gasteiger partial charge in [0.25, 0.3) is 0 Å². The molecular weight excluding hydrogens is 544 g/mol. The zero-order valence-corrected chi connectivity index (χ0v) is 23.6. The van der Waals surface area contributed by atoms with Gasteiger partial charge in [-0.15, -0.1) is 0 Å². The second kappa shape index (κ2) is 18.7. The SMILES string of the molecule is CCC1CCCCC1.NCCN(CCN)C(=O)CCC(N)C(=O)NCC(=O)Nc1cc(B(O)O)cc(C(F)(F)F)c1. The van der Waals surface area contributed by atoms with Gasteiger partial charge in [0.2, 0.25) is 17.7 Å².